The summed E-state index contributed by atoms with van der Waals surface area (Å²) in [6.07, 6.45) is 0. The molecule has 0 atom stereocenters. The highest BCUT2D eigenvalue weighted by Crippen LogP contribution is 2.28. The summed E-state index contributed by atoms with van der Waals surface area (Å²) < 4.78 is 28.8. The first-order chi connectivity index (χ1) is 9.72. The molecule has 2 rings (SSSR count). The molecule has 7 heteroatoms. The molecule has 1 aromatic carbocycles. The first-order valence-corrected chi connectivity index (χ1v) is 9.47. The van der Waals surface area contributed by atoms with Crippen LogP contribution in [0.25, 0.3) is 0 Å². The Kier molecular flexibility index (Phi) is 4.77. The summed E-state index contributed by atoms with van der Waals surface area (Å²) in [6.45, 7) is 5.67. The van der Waals surface area contributed by atoms with Crippen LogP contribution in [0.4, 0.5) is 5.69 Å². The van der Waals surface area contributed by atoms with Crippen LogP contribution in [-0.4, -0.2) is 8.42 Å². The third-order valence-corrected chi connectivity index (χ3v) is 6.78. The number of rotatable bonds is 4. The zero-order valence-corrected chi connectivity index (χ0v) is 15.2. The maximum atomic E-state index is 12.6. The topological polar surface area (TPSA) is 72.2 Å². The average Bonchev–Trinajstić information content (AvgIpc) is 2.80. The zero-order chi connectivity index (χ0) is 15.8. The Morgan fingerprint density at radius 1 is 1.24 bits per heavy atom. The third kappa shape index (κ3) is 3.48. The van der Waals surface area contributed by atoms with Crippen LogP contribution in [-0.2, 0) is 16.6 Å². The van der Waals surface area contributed by atoms with E-state index in [1.807, 2.05) is 18.4 Å². The Labute approximate surface area is 137 Å². The largest absolute Gasteiger partial charge is 0.398 e. The molecule has 21 heavy (non-hydrogen) atoms. The molecular weight excluding hydrogens is 372 g/mol. The van der Waals surface area contributed by atoms with E-state index >= 15 is 0 Å². The van der Waals surface area contributed by atoms with Gasteiger partial charge in [0, 0.05) is 27.0 Å². The van der Waals surface area contributed by atoms with Crippen LogP contribution in [0.5, 0.6) is 0 Å². The van der Waals surface area contributed by atoms with Gasteiger partial charge >= 0.3 is 0 Å². The molecule has 0 aliphatic heterocycles. The fraction of sp³-hybridized carbons (Fsp3) is 0.286. The Bertz CT molecular complexity index is 756. The molecule has 0 saturated heterocycles. The standard InChI is InChI=1S/C14H17BrN2O2S2/c1-8-4-13(16)10(3)14(9(8)2)21(18,19)17-6-12-5-11(15)7-20-12/h4-5,7,17H,6,16H2,1-3H3. The van der Waals surface area contributed by atoms with Gasteiger partial charge in [0.2, 0.25) is 10.0 Å². The van der Waals surface area contributed by atoms with Crippen LogP contribution in [0.2, 0.25) is 0 Å². The van der Waals surface area contributed by atoms with E-state index in [1.54, 1.807) is 19.9 Å². The monoisotopic (exact) mass is 388 g/mol. The normalized spacial score (nSPS) is 11.8. The highest BCUT2D eigenvalue weighted by Gasteiger charge is 2.22. The summed E-state index contributed by atoms with van der Waals surface area (Å²) in [4.78, 5) is 1.23. The number of sulfonamides is 1. The number of benzene rings is 1. The summed E-state index contributed by atoms with van der Waals surface area (Å²) in [6, 6.07) is 3.71. The lowest BCUT2D eigenvalue weighted by atomic mass is 10.1. The Morgan fingerprint density at radius 3 is 2.48 bits per heavy atom. The molecular formula is C14H17BrN2O2S2. The van der Waals surface area contributed by atoms with Crippen molar-refractivity contribution in [2.75, 3.05) is 5.73 Å². The number of nitrogen functional groups attached to an aromatic ring is 1. The van der Waals surface area contributed by atoms with E-state index in [9.17, 15) is 8.42 Å². The van der Waals surface area contributed by atoms with Crippen molar-refractivity contribution in [1.82, 2.24) is 4.72 Å². The molecule has 3 N–H and O–H groups in total. The molecule has 0 spiro atoms. The van der Waals surface area contributed by atoms with E-state index in [4.69, 9.17) is 5.73 Å². The SMILES string of the molecule is Cc1cc(N)c(C)c(S(=O)(=O)NCc2cc(Br)cs2)c1C. The van der Waals surface area contributed by atoms with Gasteiger partial charge in [-0.1, -0.05) is 0 Å². The molecule has 0 radical (unpaired) electrons. The smallest absolute Gasteiger partial charge is 0.241 e. The lowest BCUT2D eigenvalue weighted by molar-refractivity contribution is 0.580. The number of aryl methyl sites for hydroxylation is 1. The highest BCUT2D eigenvalue weighted by molar-refractivity contribution is 9.10. The van der Waals surface area contributed by atoms with Crippen molar-refractivity contribution < 1.29 is 8.42 Å². The number of nitrogens with two attached hydrogens (primary N) is 1. The molecule has 0 bridgehead atoms. The fourth-order valence-corrected chi connectivity index (χ4v) is 5.19. The number of halogens is 1. The van der Waals surface area contributed by atoms with Gasteiger partial charge in [-0.05, 0) is 65.5 Å². The Hall–Kier alpha value is -0.890. The number of hydrogen-bond acceptors (Lipinski definition) is 4. The summed E-state index contributed by atoms with van der Waals surface area (Å²) in [5.74, 6) is 0. The summed E-state index contributed by atoms with van der Waals surface area (Å²) in [5, 5.41) is 1.92. The molecule has 2 aromatic rings. The van der Waals surface area contributed by atoms with Gasteiger partial charge in [-0.25, -0.2) is 13.1 Å². The Morgan fingerprint density at radius 2 is 1.90 bits per heavy atom. The molecule has 1 heterocycles. The van der Waals surface area contributed by atoms with E-state index in [1.165, 1.54) is 11.3 Å². The molecule has 4 nitrogen and oxygen atoms in total. The van der Waals surface area contributed by atoms with Crippen molar-refractivity contribution >= 4 is 43.0 Å². The van der Waals surface area contributed by atoms with E-state index in [0.29, 0.717) is 11.3 Å². The van der Waals surface area contributed by atoms with Crippen molar-refractivity contribution in [1.29, 1.82) is 0 Å². The minimum absolute atomic E-state index is 0.269. The molecule has 114 valence electrons. The number of hydrogen-bond donors (Lipinski definition) is 2. The molecule has 0 unspecified atom stereocenters. The number of thiophene rings is 1. The zero-order valence-electron chi connectivity index (χ0n) is 12.0. The molecule has 0 saturated carbocycles. The van der Waals surface area contributed by atoms with E-state index in [2.05, 4.69) is 20.7 Å². The maximum absolute atomic E-state index is 12.6. The van der Waals surface area contributed by atoms with Gasteiger partial charge in [0.1, 0.15) is 0 Å². The molecule has 0 amide bonds. The van der Waals surface area contributed by atoms with Crippen molar-refractivity contribution in [2.45, 2.75) is 32.2 Å². The van der Waals surface area contributed by atoms with Crippen LogP contribution < -0.4 is 10.5 Å². The van der Waals surface area contributed by atoms with Crippen LogP contribution in [0.15, 0.2) is 26.9 Å². The van der Waals surface area contributed by atoms with E-state index < -0.39 is 10.0 Å². The fourth-order valence-electron chi connectivity index (χ4n) is 2.13. The predicted octanol–water partition coefficient (Wildman–Crippen LogP) is 3.50. The van der Waals surface area contributed by atoms with Gasteiger partial charge in [0.15, 0.2) is 0 Å². The second-order valence-electron chi connectivity index (χ2n) is 4.92. The highest BCUT2D eigenvalue weighted by atomic mass is 79.9. The second-order valence-corrected chi connectivity index (χ2v) is 8.53. The summed E-state index contributed by atoms with van der Waals surface area (Å²) in [7, 11) is -3.59. The molecule has 0 aliphatic rings. The van der Waals surface area contributed by atoms with Crippen LogP contribution >= 0.6 is 27.3 Å². The minimum atomic E-state index is -3.59. The second kappa shape index (κ2) is 6.08. The summed E-state index contributed by atoms with van der Waals surface area (Å²) >= 11 is 4.86. The van der Waals surface area contributed by atoms with Gasteiger partial charge in [-0.2, -0.15) is 0 Å². The van der Waals surface area contributed by atoms with Crippen molar-refractivity contribution in [2.24, 2.45) is 0 Å². The third-order valence-electron chi connectivity index (χ3n) is 3.40. The summed E-state index contributed by atoms with van der Waals surface area (Å²) in [5.41, 5.74) is 8.60. The van der Waals surface area contributed by atoms with Gasteiger partial charge in [0.05, 0.1) is 4.90 Å². The van der Waals surface area contributed by atoms with Crippen LogP contribution in [0, 0.1) is 20.8 Å². The molecule has 0 fully saturated rings. The molecule has 0 aliphatic carbocycles. The Balaban J connectivity index is 2.36. The first kappa shape index (κ1) is 16.5. The minimum Gasteiger partial charge on any atom is -0.398 e. The predicted molar refractivity (Wildman–Crippen MR) is 91.1 cm³/mol. The maximum Gasteiger partial charge on any atom is 0.241 e. The van der Waals surface area contributed by atoms with Gasteiger partial charge in [-0.15, -0.1) is 11.3 Å². The van der Waals surface area contributed by atoms with Gasteiger partial charge < -0.3 is 5.73 Å². The van der Waals surface area contributed by atoms with E-state index in [0.717, 1.165) is 20.5 Å². The van der Waals surface area contributed by atoms with Crippen molar-refractivity contribution in [3.05, 3.63) is 43.6 Å². The molecule has 1 aromatic heterocycles. The quantitative estimate of drug-likeness (QED) is 0.787. The van der Waals surface area contributed by atoms with Crippen LogP contribution in [0.3, 0.4) is 0 Å². The lowest BCUT2D eigenvalue weighted by Gasteiger charge is -2.15. The first-order valence-electron chi connectivity index (χ1n) is 6.31. The van der Waals surface area contributed by atoms with Gasteiger partial charge in [0.25, 0.3) is 0 Å². The van der Waals surface area contributed by atoms with Gasteiger partial charge in [-0.3, -0.25) is 0 Å². The van der Waals surface area contributed by atoms with E-state index in [-0.39, 0.29) is 11.4 Å². The average molecular weight is 389 g/mol. The number of anilines is 1. The van der Waals surface area contributed by atoms with Crippen LogP contribution in [0.1, 0.15) is 21.6 Å². The lowest BCUT2D eigenvalue weighted by Crippen LogP contribution is -2.25. The van der Waals surface area contributed by atoms with Crippen molar-refractivity contribution in [3.63, 3.8) is 0 Å². The number of nitrogens with one attached hydrogen (secondary N) is 1. The van der Waals surface area contributed by atoms with Crippen molar-refractivity contribution in [3.8, 4) is 0 Å².